The summed E-state index contributed by atoms with van der Waals surface area (Å²) in [6.07, 6.45) is -3.71. The topological polar surface area (TPSA) is 237 Å². The van der Waals surface area contributed by atoms with Crippen molar-refractivity contribution >= 4 is 50.9 Å². The summed E-state index contributed by atoms with van der Waals surface area (Å²) in [5.41, 5.74) is 2.35. The number of para-hydroxylation sites is 1. The lowest BCUT2D eigenvalue weighted by Gasteiger charge is -2.31. The van der Waals surface area contributed by atoms with Gasteiger partial charge in [0.2, 0.25) is 5.91 Å². The number of carboxylic acid groups (broad SMARTS) is 1. The lowest BCUT2D eigenvalue weighted by atomic mass is 9.84. The average molecular weight is 769 g/mol. The molecule has 15 nitrogen and oxygen atoms in total. The number of phenolic OH excluding ortho intramolecular Hbond substituents is 1. The molecule has 0 bridgehead atoms. The fourth-order valence-corrected chi connectivity index (χ4v) is 6.28. The van der Waals surface area contributed by atoms with Crippen molar-refractivity contribution in [2.75, 3.05) is 30.3 Å². The summed E-state index contributed by atoms with van der Waals surface area (Å²) in [7, 11) is 0. The van der Waals surface area contributed by atoms with Crippen LogP contribution < -0.4 is 31.9 Å². The van der Waals surface area contributed by atoms with Gasteiger partial charge in [0.15, 0.2) is 11.7 Å². The molecule has 51 heavy (non-hydrogen) atoms. The maximum atomic E-state index is 13.5. The number of hydrogen-bond acceptors (Lipinski definition) is 13. The van der Waals surface area contributed by atoms with Crippen LogP contribution in [0.1, 0.15) is 60.1 Å². The molecule has 11 N–H and O–H groups in total. The normalized spacial score (nSPS) is 19.4. The highest BCUT2D eigenvalue weighted by molar-refractivity contribution is 9.10. The van der Waals surface area contributed by atoms with Gasteiger partial charge in [-0.2, -0.15) is 0 Å². The van der Waals surface area contributed by atoms with Gasteiger partial charge in [-0.15, -0.1) is 0 Å². The summed E-state index contributed by atoms with van der Waals surface area (Å²) in [5.74, 6) is -2.32. The van der Waals surface area contributed by atoms with Gasteiger partial charge in [0.25, 0.3) is 0 Å². The van der Waals surface area contributed by atoms with E-state index in [1.165, 1.54) is 18.2 Å². The number of aliphatic hydroxyl groups is 3. The molecule has 0 saturated carbocycles. The number of nitrogens with zero attached hydrogens (tertiary/aromatic N) is 1. The van der Waals surface area contributed by atoms with Gasteiger partial charge in [-0.05, 0) is 52.9 Å². The van der Waals surface area contributed by atoms with Gasteiger partial charge in [-0.1, -0.05) is 54.9 Å². The molecule has 16 heteroatoms. The van der Waals surface area contributed by atoms with Crippen LogP contribution >= 0.6 is 15.9 Å². The van der Waals surface area contributed by atoms with E-state index < -0.39 is 60.9 Å². The number of guanidine groups is 1. The second-order valence-corrected chi connectivity index (χ2v) is 14.4. The first-order valence-electron chi connectivity index (χ1n) is 16.2. The number of carbonyl (C=O) groups excluding carboxylic acids is 2. The van der Waals surface area contributed by atoms with Crippen molar-refractivity contribution in [1.29, 1.82) is 0 Å². The number of β-amino-alcohol motifs (C(OH)–C–C–N with tert-alkyl or cyclic N) is 1. The summed E-state index contributed by atoms with van der Waals surface area (Å²) in [5, 5.41) is 69.4. The third kappa shape index (κ3) is 9.40. The summed E-state index contributed by atoms with van der Waals surface area (Å²) in [6.45, 7) is 5.95. The molecule has 2 aliphatic heterocycles. The molecule has 3 aromatic carbocycles. The minimum absolute atomic E-state index is 0.173. The van der Waals surface area contributed by atoms with Crippen molar-refractivity contribution in [2.45, 2.75) is 62.9 Å². The third-order valence-corrected chi connectivity index (χ3v) is 8.91. The molecule has 272 valence electrons. The largest absolute Gasteiger partial charge is 0.508 e. The molecule has 6 atom stereocenters. The number of hydrogen-bond donors (Lipinski definition) is 11. The SMILES string of the molecule is CC(C)(C)c1cc(Br)cc(C(NC(=O)CNC(O)c2cc(O)cc(NC3=NCC(O)CN3)c2)[C@H](NC(O)C2Nc3ccccc3C2=O)C(=O)O)c1. The molecular formula is C35H42BrN7O8. The van der Waals surface area contributed by atoms with E-state index in [-0.39, 0.29) is 29.8 Å². The number of aliphatic hydroxyl groups excluding tert-OH is 3. The Balaban J connectivity index is 1.35. The molecule has 0 saturated heterocycles. The van der Waals surface area contributed by atoms with E-state index in [9.17, 15) is 39.9 Å². The predicted molar refractivity (Wildman–Crippen MR) is 193 cm³/mol. The highest BCUT2D eigenvalue weighted by atomic mass is 79.9. The number of carboxylic acids is 1. The van der Waals surface area contributed by atoms with Gasteiger partial charge in [-0.3, -0.25) is 30.0 Å². The summed E-state index contributed by atoms with van der Waals surface area (Å²) >= 11 is 3.50. The Labute approximate surface area is 302 Å². The number of nitrogens with one attached hydrogen (secondary N) is 6. The predicted octanol–water partition coefficient (Wildman–Crippen LogP) is 1.66. The monoisotopic (exact) mass is 767 g/mol. The van der Waals surface area contributed by atoms with Crippen molar-refractivity contribution in [3.05, 3.63) is 87.4 Å². The van der Waals surface area contributed by atoms with Crippen molar-refractivity contribution in [1.82, 2.24) is 21.3 Å². The van der Waals surface area contributed by atoms with Crippen molar-refractivity contribution < 1.29 is 39.9 Å². The number of fused-ring (bicyclic) bond motifs is 1. The fraction of sp³-hybridized carbons (Fsp3) is 0.371. The van der Waals surface area contributed by atoms with Crippen LogP contribution in [0.5, 0.6) is 5.75 Å². The first-order chi connectivity index (χ1) is 24.1. The molecule has 1 amide bonds. The van der Waals surface area contributed by atoms with E-state index in [1.54, 1.807) is 36.4 Å². The second-order valence-electron chi connectivity index (χ2n) is 13.5. The quantitative estimate of drug-likeness (QED) is 0.118. The summed E-state index contributed by atoms with van der Waals surface area (Å²) < 4.78 is 0.629. The zero-order valence-corrected chi connectivity index (χ0v) is 29.7. The molecule has 0 radical (unpaired) electrons. The molecule has 2 aliphatic rings. The smallest absolute Gasteiger partial charge is 0.323 e. The zero-order chi connectivity index (χ0) is 37.0. The number of halogens is 1. The lowest BCUT2D eigenvalue weighted by Crippen LogP contribution is -2.57. The maximum Gasteiger partial charge on any atom is 0.323 e. The Hall–Kier alpha value is -4.58. The number of aromatic hydroxyl groups is 1. The first-order valence-corrected chi connectivity index (χ1v) is 17.0. The molecule has 5 rings (SSSR count). The number of benzene rings is 3. The molecule has 5 unspecified atom stereocenters. The van der Waals surface area contributed by atoms with Crippen LogP contribution in [0, 0.1) is 0 Å². The highest BCUT2D eigenvalue weighted by Crippen LogP contribution is 2.32. The molecule has 0 spiro atoms. The number of carbonyl (C=O) groups is 3. The lowest BCUT2D eigenvalue weighted by molar-refractivity contribution is -0.142. The molecule has 0 fully saturated rings. The van der Waals surface area contributed by atoms with Crippen LogP contribution in [0.4, 0.5) is 11.4 Å². The number of anilines is 2. The van der Waals surface area contributed by atoms with Crippen LogP contribution in [-0.2, 0) is 15.0 Å². The average Bonchev–Trinajstić information content (AvgIpc) is 3.41. The van der Waals surface area contributed by atoms with Crippen molar-refractivity contribution in [3.8, 4) is 5.75 Å². The van der Waals surface area contributed by atoms with Gasteiger partial charge in [0, 0.05) is 39.6 Å². The molecule has 3 aromatic rings. The Kier molecular flexibility index (Phi) is 11.6. The van der Waals surface area contributed by atoms with E-state index >= 15 is 0 Å². The van der Waals surface area contributed by atoms with E-state index in [0.717, 1.165) is 5.56 Å². The highest BCUT2D eigenvalue weighted by Gasteiger charge is 2.40. The molecule has 0 aromatic heterocycles. The number of amides is 1. The molecule has 0 aliphatic carbocycles. The second kappa shape index (κ2) is 15.8. The van der Waals surface area contributed by atoms with E-state index in [0.29, 0.717) is 32.9 Å². The van der Waals surface area contributed by atoms with Crippen molar-refractivity contribution in [3.63, 3.8) is 0 Å². The van der Waals surface area contributed by atoms with Crippen LogP contribution in [-0.4, -0.2) is 93.2 Å². The van der Waals surface area contributed by atoms with E-state index in [4.69, 9.17) is 0 Å². The minimum atomic E-state index is -1.66. The van der Waals surface area contributed by atoms with Crippen LogP contribution in [0.3, 0.4) is 0 Å². The fourth-order valence-electron chi connectivity index (χ4n) is 5.77. The van der Waals surface area contributed by atoms with Crippen LogP contribution in [0.15, 0.2) is 70.1 Å². The Morgan fingerprint density at radius 3 is 2.47 bits per heavy atom. The van der Waals surface area contributed by atoms with Gasteiger partial charge >= 0.3 is 5.97 Å². The number of Topliss-reactive ketones (excluding diaryl/α,β-unsaturated/α-hetero) is 1. The van der Waals surface area contributed by atoms with Crippen LogP contribution in [0.25, 0.3) is 0 Å². The first kappa shape index (κ1) is 37.7. The number of aliphatic carboxylic acids is 1. The van der Waals surface area contributed by atoms with E-state index in [2.05, 4.69) is 52.8 Å². The molecule has 2 heterocycles. The van der Waals surface area contributed by atoms with Gasteiger partial charge < -0.3 is 46.8 Å². The summed E-state index contributed by atoms with van der Waals surface area (Å²) in [6, 6.07) is 12.2. The zero-order valence-electron chi connectivity index (χ0n) is 28.1. The Morgan fingerprint density at radius 2 is 1.80 bits per heavy atom. The number of aliphatic imine (C=N–C) groups is 1. The number of phenols is 1. The maximum absolute atomic E-state index is 13.5. The van der Waals surface area contributed by atoms with Gasteiger partial charge in [0.05, 0.1) is 25.2 Å². The van der Waals surface area contributed by atoms with Crippen LogP contribution in [0.2, 0.25) is 0 Å². The third-order valence-electron chi connectivity index (χ3n) is 8.45. The van der Waals surface area contributed by atoms with E-state index in [1.807, 2.05) is 26.8 Å². The molecular weight excluding hydrogens is 726 g/mol. The standard InChI is InChI=1S/C35H42BrN7O8/c1-35(2,3)19-8-17(9-20(36)12-19)27(28(33(50)51)43-32(49)29-30(47)24-6-4-5-7-25(24)41-29)42-26(46)16-37-31(48)18-10-21(13-22(44)11-18)40-34-38-14-23(45)15-39-34/h4-13,23,27-29,31-32,37,41,43-45,48-49H,14-16H2,1-3H3,(H,42,46)(H,50,51)(H2,38,39,40)/t27?,28-,29?,31?,32?/m0/s1. The Bertz CT molecular complexity index is 1820. The minimum Gasteiger partial charge on any atom is -0.508 e. The van der Waals surface area contributed by atoms with Gasteiger partial charge in [-0.25, -0.2) is 0 Å². The van der Waals surface area contributed by atoms with Crippen molar-refractivity contribution in [2.24, 2.45) is 4.99 Å². The number of ketones is 1. The number of rotatable bonds is 12. The Morgan fingerprint density at radius 1 is 1.06 bits per heavy atom. The van der Waals surface area contributed by atoms with Gasteiger partial charge in [0.1, 0.15) is 30.3 Å². The summed E-state index contributed by atoms with van der Waals surface area (Å²) in [4.78, 5) is 43.5.